The molecule has 0 amide bonds. The van der Waals surface area contributed by atoms with Gasteiger partial charge >= 0.3 is 7.32 Å². The minimum absolute atomic E-state index is 0.247. The number of halogens is 1. The second kappa shape index (κ2) is 7.39. The Morgan fingerprint density at radius 3 is 2.25 bits per heavy atom. The third-order valence-corrected chi connectivity index (χ3v) is 3.12. The Bertz CT molecular complexity index is 184. The third kappa shape index (κ3) is 4.92. The number of alkyl halides is 1. The Morgan fingerprint density at radius 2 is 1.94 bits per heavy atom. The van der Waals surface area contributed by atoms with Crippen molar-refractivity contribution in [3.05, 3.63) is 0 Å². The van der Waals surface area contributed by atoms with Gasteiger partial charge in [-0.3, -0.25) is 0 Å². The van der Waals surface area contributed by atoms with Crippen LogP contribution in [-0.4, -0.2) is 38.4 Å². The van der Waals surface area contributed by atoms with Gasteiger partial charge in [-0.1, -0.05) is 20.3 Å². The molecule has 0 aliphatic heterocycles. The molecule has 16 heavy (non-hydrogen) atoms. The second-order valence-corrected chi connectivity index (χ2v) is 6.37. The van der Waals surface area contributed by atoms with Crippen molar-refractivity contribution in [1.82, 2.24) is 0 Å². The Balaban J connectivity index is 4.78. The maximum Gasteiger partial charge on any atom is 0.636 e. The van der Waals surface area contributed by atoms with Crippen LogP contribution < -0.4 is 0 Å². The van der Waals surface area contributed by atoms with E-state index in [2.05, 4.69) is 0 Å². The lowest BCUT2D eigenvalue weighted by Gasteiger charge is -2.37. The van der Waals surface area contributed by atoms with Crippen molar-refractivity contribution in [2.24, 2.45) is 0 Å². The van der Waals surface area contributed by atoms with Gasteiger partial charge in [0.25, 0.3) is 0 Å². The van der Waals surface area contributed by atoms with Gasteiger partial charge in [-0.15, -0.1) is 0 Å². The average molecular weight is 252 g/mol. The van der Waals surface area contributed by atoms with Gasteiger partial charge in [0.15, 0.2) is 21.0 Å². The fourth-order valence-corrected chi connectivity index (χ4v) is 2.78. The van der Waals surface area contributed by atoms with E-state index in [1.165, 1.54) is 0 Å². The molecule has 4 nitrogen and oxygen atoms in total. The van der Waals surface area contributed by atoms with Crippen molar-refractivity contribution in [3.8, 4) is 0 Å². The molecule has 7 heteroatoms. The molecule has 2 unspecified atom stereocenters. The van der Waals surface area contributed by atoms with E-state index < -0.39 is 28.3 Å². The Labute approximate surface area is 98.7 Å². The molecule has 0 bridgehead atoms. The van der Waals surface area contributed by atoms with E-state index in [1.807, 2.05) is 20.0 Å². The largest absolute Gasteiger partial charge is 0.636 e. The van der Waals surface area contributed by atoms with Gasteiger partial charge in [-0.2, -0.15) is 0 Å². The SMILES string of the molecule is CCCC(F)C(CC)(OB(O)O)O[SiH](C)C. The van der Waals surface area contributed by atoms with Crippen LogP contribution in [0.15, 0.2) is 0 Å². The number of hydrogen-bond acceptors (Lipinski definition) is 4. The standard InChI is InChI=1S/C9H22BFO4Si/c1-5-7-8(11)9(6-2,14-10(12)13)15-16(3)4/h8,12-13,16H,5-7H2,1-4H3. The van der Waals surface area contributed by atoms with E-state index in [0.717, 1.165) is 0 Å². The molecule has 0 saturated carbocycles. The Hall–Kier alpha value is 0.0518. The minimum atomic E-state index is -2.01. The molecule has 2 N–H and O–H groups in total. The lowest BCUT2D eigenvalue weighted by atomic mass is 10.0. The van der Waals surface area contributed by atoms with Gasteiger partial charge < -0.3 is 19.1 Å². The number of hydrogen-bond donors (Lipinski definition) is 2. The van der Waals surface area contributed by atoms with Crippen molar-refractivity contribution in [1.29, 1.82) is 0 Å². The zero-order valence-electron chi connectivity index (χ0n) is 10.4. The van der Waals surface area contributed by atoms with Crippen molar-refractivity contribution >= 4 is 16.4 Å². The molecule has 2 atom stereocenters. The normalized spacial score (nSPS) is 17.2. The number of rotatable bonds is 8. The highest BCUT2D eigenvalue weighted by Crippen LogP contribution is 2.29. The van der Waals surface area contributed by atoms with E-state index in [-0.39, 0.29) is 12.8 Å². The summed E-state index contributed by atoms with van der Waals surface area (Å²) >= 11 is 0. The summed E-state index contributed by atoms with van der Waals surface area (Å²) in [5.74, 6) is -1.51. The molecule has 0 aromatic rings. The van der Waals surface area contributed by atoms with Crippen LogP contribution in [0.4, 0.5) is 4.39 Å². The Morgan fingerprint density at radius 1 is 1.38 bits per heavy atom. The quantitative estimate of drug-likeness (QED) is 0.503. The van der Waals surface area contributed by atoms with Crippen LogP contribution in [0.3, 0.4) is 0 Å². The summed E-state index contributed by atoms with van der Waals surface area (Å²) in [4.78, 5) is 0. The van der Waals surface area contributed by atoms with Gasteiger partial charge in [0.2, 0.25) is 0 Å². The lowest BCUT2D eigenvalue weighted by molar-refractivity contribution is -0.187. The first-order chi connectivity index (χ1) is 7.38. The first kappa shape index (κ1) is 16.1. The fraction of sp³-hybridized carbons (Fsp3) is 1.00. The highest BCUT2D eigenvalue weighted by atomic mass is 28.3. The van der Waals surface area contributed by atoms with E-state index in [0.29, 0.717) is 6.42 Å². The van der Waals surface area contributed by atoms with Gasteiger partial charge in [0.05, 0.1) is 0 Å². The van der Waals surface area contributed by atoms with Gasteiger partial charge in [0.1, 0.15) is 0 Å². The highest BCUT2D eigenvalue weighted by molar-refractivity contribution is 6.48. The van der Waals surface area contributed by atoms with Crippen LogP contribution in [0.25, 0.3) is 0 Å². The summed E-state index contributed by atoms with van der Waals surface area (Å²) in [6.45, 7) is 7.34. The molecule has 0 aliphatic rings. The van der Waals surface area contributed by atoms with Crippen molar-refractivity contribution in [2.75, 3.05) is 0 Å². The molecule has 0 spiro atoms. The summed E-state index contributed by atoms with van der Waals surface area (Å²) < 4.78 is 24.4. The molecule has 0 saturated heterocycles. The first-order valence-electron chi connectivity index (χ1n) is 5.73. The minimum Gasteiger partial charge on any atom is -0.402 e. The zero-order chi connectivity index (χ0) is 12.8. The van der Waals surface area contributed by atoms with Crippen LogP contribution in [0.2, 0.25) is 13.1 Å². The molecule has 0 radical (unpaired) electrons. The van der Waals surface area contributed by atoms with E-state index in [1.54, 1.807) is 6.92 Å². The van der Waals surface area contributed by atoms with Crippen molar-refractivity contribution < 1.29 is 23.5 Å². The third-order valence-electron chi connectivity index (χ3n) is 2.25. The van der Waals surface area contributed by atoms with E-state index in [4.69, 9.17) is 19.1 Å². The highest BCUT2D eigenvalue weighted by Gasteiger charge is 2.43. The smallest absolute Gasteiger partial charge is 0.402 e. The monoisotopic (exact) mass is 252 g/mol. The Kier molecular flexibility index (Phi) is 7.42. The molecular formula is C9H22BFO4Si. The van der Waals surface area contributed by atoms with Crippen LogP contribution >= 0.6 is 0 Å². The summed E-state index contributed by atoms with van der Waals surface area (Å²) in [5, 5.41) is 17.7. The first-order valence-corrected chi connectivity index (χ1v) is 8.51. The lowest BCUT2D eigenvalue weighted by Crippen LogP contribution is -2.51. The molecular weight excluding hydrogens is 230 g/mol. The maximum atomic E-state index is 14.0. The molecule has 0 aromatic heterocycles. The van der Waals surface area contributed by atoms with Crippen molar-refractivity contribution in [2.45, 2.75) is 58.2 Å². The molecule has 96 valence electrons. The second-order valence-electron chi connectivity index (χ2n) is 4.03. The maximum absolute atomic E-state index is 14.0. The molecule has 0 aromatic carbocycles. The fourth-order valence-electron chi connectivity index (χ4n) is 1.61. The van der Waals surface area contributed by atoms with Gasteiger partial charge in [-0.05, 0) is 25.9 Å². The van der Waals surface area contributed by atoms with Crippen LogP contribution in [0.1, 0.15) is 33.1 Å². The summed E-state index contributed by atoms with van der Waals surface area (Å²) in [5.41, 5.74) is 0. The van der Waals surface area contributed by atoms with Crippen LogP contribution in [-0.2, 0) is 9.08 Å². The van der Waals surface area contributed by atoms with Gasteiger partial charge in [-0.25, -0.2) is 4.39 Å². The van der Waals surface area contributed by atoms with Gasteiger partial charge in [0, 0.05) is 0 Å². The van der Waals surface area contributed by atoms with Crippen LogP contribution in [0, 0.1) is 0 Å². The predicted octanol–water partition coefficient (Wildman–Crippen LogP) is 1.22. The molecule has 0 heterocycles. The zero-order valence-corrected chi connectivity index (χ0v) is 11.6. The molecule has 0 fully saturated rings. The van der Waals surface area contributed by atoms with Crippen LogP contribution in [0.5, 0.6) is 0 Å². The average Bonchev–Trinajstić information content (AvgIpc) is 2.15. The summed E-state index contributed by atoms with van der Waals surface area (Å²) in [6, 6.07) is 0. The molecule has 0 aliphatic carbocycles. The predicted molar refractivity (Wildman–Crippen MR) is 64.1 cm³/mol. The molecule has 0 rings (SSSR count). The van der Waals surface area contributed by atoms with Crippen molar-refractivity contribution in [3.63, 3.8) is 0 Å². The summed E-state index contributed by atoms with van der Waals surface area (Å²) in [7, 11) is -3.55. The summed E-state index contributed by atoms with van der Waals surface area (Å²) in [6.07, 6.45) is -0.172. The topological polar surface area (TPSA) is 58.9 Å². The van der Waals surface area contributed by atoms with E-state index >= 15 is 0 Å². The van der Waals surface area contributed by atoms with E-state index in [9.17, 15) is 4.39 Å².